The van der Waals surface area contributed by atoms with Crippen molar-refractivity contribution in [2.24, 2.45) is 5.41 Å². The predicted molar refractivity (Wildman–Crippen MR) is 246 cm³/mol. The summed E-state index contributed by atoms with van der Waals surface area (Å²) >= 11 is 0. The van der Waals surface area contributed by atoms with E-state index in [4.69, 9.17) is 37.9 Å². The Morgan fingerprint density at radius 2 is 1.09 bits per heavy atom. The molecule has 0 atom stereocenters. The molecule has 4 aromatic rings. The van der Waals surface area contributed by atoms with Crippen molar-refractivity contribution in [2.75, 3.05) is 48.8 Å². The number of carbonyl (C=O) groups excluding carboxylic acids is 5. The zero-order valence-electron chi connectivity index (χ0n) is 39.0. The molecule has 0 bridgehead atoms. The number of para-hydroxylation sites is 1. The van der Waals surface area contributed by atoms with E-state index in [2.05, 4.69) is 0 Å². The van der Waals surface area contributed by atoms with Crippen molar-refractivity contribution in [1.29, 1.82) is 0 Å². The van der Waals surface area contributed by atoms with E-state index in [0.29, 0.717) is 79.1 Å². The van der Waals surface area contributed by atoms with Crippen LogP contribution >= 0.6 is 0 Å². The minimum absolute atomic E-state index is 0.185. The number of aliphatic hydroxyl groups excluding tert-OH is 1. The molecule has 1 N–H and O–H groups in total. The number of hydrogen-bond acceptors (Lipinski definition) is 14. The van der Waals surface area contributed by atoms with Crippen LogP contribution in [-0.2, 0) is 68.8 Å². The molecule has 0 saturated carbocycles. The zero-order valence-corrected chi connectivity index (χ0v) is 39.0. The van der Waals surface area contributed by atoms with Crippen LogP contribution < -0.4 is 18.9 Å². The number of benzene rings is 4. The Bertz CT molecular complexity index is 2310. The third-order valence-corrected chi connectivity index (χ3v) is 10.9. The molecule has 0 amide bonds. The number of hydrogen-bond donors (Lipinski definition) is 1. The van der Waals surface area contributed by atoms with Crippen LogP contribution in [0.15, 0.2) is 78.9 Å². The number of aliphatic hydroxyl groups is 1. The van der Waals surface area contributed by atoms with Gasteiger partial charge in [-0.1, -0.05) is 42.5 Å². The molecule has 4 rings (SSSR count). The molecule has 4 aromatic carbocycles. The van der Waals surface area contributed by atoms with E-state index in [9.17, 15) is 29.1 Å². The standard InChI is InChI=1S/C52H62O14/c1-52(2,24-10-15-47(54)60-4)51(58)66-43-14-9-8-13-38(43)27-35-18-20-39(45(29-35)64-25-11-16-48(55)61-5)28-36-19-21-40(46(30-36)65-26-12-17-49(56)62-6)32-41-31-37(22-23-50(57)63-7)42(34-53)33-44(41)59-3/h8-9,13-14,18-23,29-31,33,53H,10-12,15-17,24-28,32,34H2,1-7H3/b23-22+. The van der Waals surface area contributed by atoms with Gasteiger partial charge in [-0.2, -0.15) is 0 Å². The highest BCUT2D eigenvalue weighted by Gasteiger charge is 2.30. The van der Waals surface area contributed by atoms with Crippen molar-refractivity contribution in [3.05, 3.63) is 123 Å². The molecular weight excluding hydrogens is 849 g/mol. The molecule has 0 fully saturated rings. The van der Waals surface area contributed by atoms with Crippen molar-refractivity contribution in [2.45, 2.75) is 84.7 Å². The monoisotopic (exact) mass is 910 g/mol. The van der Waals surface area contributed by atoms with Crippen molar-refractivity contribution < 1.29 is 67.0 Å². The van der Waals surface area contributed by atoms with Gasteiger partial charge < -0.3 is 43.0 Å². The lowest BCUT2D eigenvalue weighted by molar-refractivity contribution is -0.146. The second-order valence-electron chi connectivity index (χ2n) is 16.2. The van der Waals surface area contributed by atoms with Crippen LogP contribution in [0, 0.1) is 5.41 Å². The second kappa shape index (κ2) is 26.3. The molecule has 0 heterocycles. The van der Waals surface area contributed by atoms with E-state index in [-0.39, 0.29) is 57.0 Å². The summed E-state index contributed by atoms with van der Waals surface area (Å²) in [5.74, 6) is 0.244. The maximum absolute atomic E-state index is 13.4. The Morgan fingerprint density at radius 3 is 1.62 bits per heavy atom. The summed E-state index contributed by atoms with van der Waals surface area (Å²) in [6.07, 6.45) is 6.49. The Kier molecular flexibility index (Phi) is 20.7. The number of ether oxygens (including phenoxy) is 8. The van der Waals surface area contributed by atoms with Crippen LogP contribution in [0.1, 0.15) is 103 Å². The third kappa shape index (κ3) is 16.1. The Balaban J connectivity index is 1.66. The lowest BCUT2D eigenvalue weighted by atomic mass is 9.87. The number of rotatable bonds is 26. The average molecular weight is 911 g/mol. The van der Waals surface area contributed by atoms with E-state index in [1.54, 1.807) is 39.2 Å². The van der Waals surface area contributed by atoms with Gasteiger partial charge in [-0.15, -0.1) is 0 Å². The second-order valence-corrected chi connectivity index (χ2v) is 16.2. The third-order valence-electron chi connectivity index (χ3n) is 10.9. The van der Waals surface area contributed by atoms with Gasteiger partial charge in [0.25, 0.3) is 0 Å². The number of methoxy groups -OCH3 is 5. The van der Waals surface area contributed by atoms with Crippen LogP contribution in [0.5, 0.6) is 23.0 Å². The molecule has 0 aliphatic rings. The fraction of sp³-hybridized carbons (Fsp3) is 0.404. The maximum Gasteiger partial charge on any atom is 0.330 e. The topological polar surface area (TPSA) is 179 Å². The van der Waals surface area contributed by atoms with Crippen LogP contribution in [0.3, 0.4) is 0 Å². The van der Waals surface area contributed by atoms with Crippen LogP contribution in [-0.4, -0.2) is 83.7 Å². The molecule has 0 aliphatic carbocycles. The molecule has 0 aliphatic heterocycles. The molecule has 354 valence electrons. The van der Waals surface area contributed by atoms with Gasteiger partial charge in [0.05, 0.1) is 60.8 Å². The summed E-state index contributed by atoms with van der Waals surface area (Å²) in [6.45, 7) is 3.81. The van der Waals surface area contributed by atoms with Crippen molar-refractivity contribution >= 4 is 35.9 Å². The van der Waals surface area contributed by atoms with E-state index in [1.165, 1.54) is 34.5 Å². The first kappa shape index (κ1) is 52.0. The van der Waals surface area contributed by atoms with E-state index >= 15 is 0 Å². The lowest BCUT2D eigenvalue weighted by Gasteiger charge is -2.23. The molecule has 0 radical (unpaired) electrons. The van der Waals surface area contributed by atoms with Gasteiger partial charge in [0, 0.05) is 44.6 Å². The summed E-state index contributed by atoms with van der Waals surface area (Å²) in [7, 11) is 6.86. The van der Waals surface area contributed by atoms with E-state index in [1.807, 2.05) is 60.7 Å². The summed E-state index contributed by atoms with van der Waals surface area (Å²) in [6, 6.07) is 22.8. The molecule has 66 heavy (non-hydrogen) atoms. The van der Waals surface area contributed by atoms with Crippen molar-refractivity contribution in [1.82, 2.24) is 0 Å². The predicted octanol–water partition coefficient (Wildman–Crippen LogP) is 8.09. The van der Waals surface area contributed by atoms with Gasteiger partial charge in [0.15, 0.2) is 0 Å². The fourth-order valence-corrected chi connectivity index (χ4v) is 7.02. The lowest BCUT2D eigenvalue weighted by Crippen LogP contribution is -2.29. The van der Waals surface area contributed by atoms with Crippen LogP contribution in [0.2, 0.25) is 0 Å². The summed E-state index contributed by atoms with van der Waals surface area (Å²) in [4.78, 5) is 60.8. The summed E-state index contributed by atoms with van der Waals surface area (Å²) in [5, 5.41) is 10.1. The Labute approximate surface area is 387 Å². The van der Waals surface area contributed by atoms with Crippen molar-refractivity contribution in [3.63, 3.8) is 0 Å². The maximum atomic E-state index is 13.4. The number of esters is 5. The minimum atomic E-state index is -0.840. The van der Waals surface area contributed by atoms with Gasteiger partial charge in [-0.05, 0) is 120 Å². The van der Waals surface area contributed by atoms with Crippen LogP contribution in [0.4, 0.5) is 0 Å². The average Bonchev–Trinajstić information content (AvgIpc) is 3.32. The first-order chi connectivity index (χ1) is 31.7. The zero-order chi connectivity index (χ0) is 48.1. The highest BCUT2D eigenvalue weighted by atomic mass is 16.5. The molecule has 0 saturated heterocycles. The smallest absolute Gasteiger partial charge is 0.330 e. The van der Waals surface area contributed by atoms with Crippen molar-refractivity contribution in [3.8, 4) is 23.0 Å². The summed E-state index contributed by atoms with van der Waals surface area (Å²) < 4.78 is 43.6. The number of carbonyl (C=O) groups is 5. The molecule has 14 heteroatoms. The van der Waals surface area contributed by atoms with E-state index in [0.717, 1.165) is 33.4 Å². The SMILES string of the molecule is COC(=O)/C=C/c1cc(Cc2ccc(Cc3ccc(Cc4ccccc4OC(=O)C(C)(C)CCCC(=O)OC)cc3OCCCC(=O)OC)cc2OCCCC(=O)OC)c(OC)cc1CO. The van der Waals surface area contributed by atoms with Crippen LogP contribution in [0.25, 0.3) is 6.08 Å². The minimum Gasteiger partial charge on any atom is -0.496 e. The highest BCUT2D eigenvalue weighted by Crippen LogP contribution is 2.34. The summed E-state index contributed by atoms with van der Waals surface area (Å²) in [5.41, 5.74) is 5.42. The first-order valence-electron chi connectivity index (χ1n) is 21.8. The van der Waals surface area contributed by atoms with Gasteiger partial charge in [-0.3, -0.25) is 19.2 Å². The van der Waals surface area contributed by atoms with E-state index < -0.39 is 17.4 Å². The normalized spacial score (nSPS) is 11.2. The molecule has 0 unspecified atom stereocenters. The van der Waals surface area contributed by atoms with Gasteiger partial charge in [0.2, 0.25) is 0 Å². The Morgan fingerprint density at radius 1 is 0.561 bits per heavy atom. The first-order valence-corrected chi connectivity index (χ1v) is 21.8. The molecular formula is C52H62O14. The molecule has 0 aromatic heterocycles. The largest absolute Gasteiger partial charge is 0.496 e. The highest BCUT2D eigenvalue weighted by molar-refractivity contribution is 5.87. The molecule has 14 nitrogen and oxygen atoms in total. The van der Waals surface area contributed by atoms with Gasteiger partial charge in [0.1, 0.15) is 23.0 Å². The Hall–Kier alpha value is -6.67. The fourth-order valence-electron chi connectivity index (χ4n) is 7.02. The van der Waals surface area contributed by atoms with Gasteiger partial charge >= 0.3 is 29.8 Å². The van der Waals surface area contributed by atoms with Gasteiger partial charge in [-0.25, -0.2) is 4.79 Å². The quantitative estimate of drug-likeness (QED) is 0.0210. The molecule has 0 spiro atoms.